The summed E-state index contributed by atoms with van der Waals surface area (Å²) in [6.07, 6.45) is 3.96. The Kier molecular flexibility index (Phi) is 4.12. The number of carbonyl (C=O) groups excluding carboxylic acids is 1. The van der Waals surface area contributed by atoms with Crippen molar-refractivity contribution in [3.63, 3.8) is 0 Å². The van der Waals surface area contributed by atoms with Gasteiger partial charge >= 0.3 is 0 Å². The van der Waals surface area contributed by atoms with Crippen molar-refractivity contribution in [3.8, 4) is 0 Å². The first kappa shape index (κ1) is 13.9. The Morgan fingerprint density at radius 1 is 1.16 bits per heavy atom. The zero-order chi connectivity index (χ0) is 14.0. The standard InChI is InChI=1S/C14H16F3NO/c1-8-4-2-3-5-11(8)18-14(19)9-6-7-10(15)13(17)12(9)16/h6-8,11H,2-5H2,1H3,(H,18,19). The van der Waals surface area contributed by atoms with Crippen LogP contribution in [0.25, 0.3) is 0 Å². The summed E-state index contributed by atoms with van der Waals surface area (Å²) in [6, 6.07) is 1.70. The molecule has 0 heterocycles. The van der Waals surface area contributed by atoms with E-state index in [1.807, 2.05) is 6.92 Å². The molecular weight excluding hydrogens is 255 g/mol. The number of carbonyl (C=O) groups is 1. The van der Waals surface area contributed by atoms with Crippen LogP contribution in [0.15, 0.2) is 12.1 Å². The third-order valence-corrected chi connectivity index (χ3v) is 3.71. The largest absolute Gasteiger partial charge is 0.349 e. The molecule has 1 saturated carbocycles. The average molecular weight is 271 g/mol. The highest BCUT2D eigenvalue weighted by Gasteiger charge is 2.25. The predicted octanol–water partition coefficient (Wildman–Crippen LogP) is 3.41. The van der Waals surface area contributed by atoms with Crippen molar-refractivity contribution in [2.75, 3.05) is 0 Å². The highest BCUT2D eigenvalue weighted by molar-refractivity contribution is 5.94. The average Bonchev–Trinajstić information content (AvgIpc) is 2.39. The molecule has 0 aliphatic heterocycles. The van der Waals surface area contributed by atoms with E-state index in [0.29, 0.717) is 5.92 Å². The Labute approximate surface area is 110 Å². The lowest BCUT2D eigenvalue weighted by atomic mass is 9.86. The fraction of sp³-hybridized carbons (Fsp3) is 0.500. The van der Waals surface area contributed by atoms with E-state index >= 15 is 0 Å². The van der Waals surface area contributed by atoms with Crippen LogP contribution < -0.4 is 5.32 Å². The summed E-state index contributed by atoms with van der Waals surface area (Å²) >= 11 is 0. The smallest absolute Gasteiger partial charge is 0.254 e. The number of rotatable bonds is 2. The minimum atomic E-state index is -1.61. The highest BCUT2D eigenvalue weighted by atomic mass is 19.2. The third kappa shape index (κ3) is 2.91. The first-order valence-corrected chi connectivity index (χ1v) is 6.45. The van der Waals surface area contributed by atoms with Crippen molar-refractivity contribution in [3.05, 3.63) is 35.1 Å². The van der Waals surface area contributed by atoms with Crippen LogP contribution in [0.5, 0.6) is 0 Å². The Bertz CT molecular complexity index is 490. The van der Waals surface area contributed by atoms with Gasteiger partial charge in [0.1, 0.15) is 0 Å². The van der Waals surface area contributed by atoms with Crippen LogP contribution in [0.1, 0.15) is 43.0 Å². The summed E-state index contributed by atoms with van der Waals surface area (Å²) in [5.41, 5.74) is -0.448. The zero-order valence-electron chi connectivity index (χ0n) is 10.7. The molecule has 1 aliphatic carbocycles. The van der Waals surface area contributed by atoms with Crippen LogP contribution in [0.2, 0.25) is 0 Å². The van der Waals surface area contributed by atoms with Crippen molar-refractivity contribution < 1.29 is 18.0 Å². The number of hydrogen-bond donors (Lipinski definition) is 1. The molecule has 1 amide bonds. The molecule has 1 aromatic rings. The van der Waals surface area contributed by atoms with Gasteiger partial charge < -0.3 is 5.32 Å². The lowest BCUT2D eigenvalue weighted by molar-refractivity contribution is 0.0905. The van der Waals surface area contributed by atoms with Crippen LogP contribution in [0, 0.1) is 23.4 Å². The molecule has 104 valence electrons. The van der Waals surface area contributed by atoms with Crippen molar-refractivity contribution >= 4 is 5.91 Å². The fourth-order valence-corrected chi connectivity index (χ4v) is 2.48. The van der Waals surface area contributed by atoms with Gasteiger partial charge in [-0.1, -0.05) is 19.8 Å². The lowest BCUT2D eigenvalue weighted by Gasteiger charge is -2.29. The maximum Gasteiger partial charge on any atom is 0.254 e. The minimum absolute atomic E-state index is 0.0336. The molecular formula is C14H16F3NO. The van der Waals surface area contributed by atoms with Gasteiger partial charge in [0.15, 0.2) is 17.5 Å². The van der Waals surface area contributed by atoms with Gasteiger partial charge in [-0.15, -0.1) is 0 Å². The Morgan fingerprint density at radius 2 is 1.84 bits per heavy atom. The van der Waals surface area contributed by atoms with Crippen LogP contribution in [0.4, 0.5) is 13.2 Å². The van der Waals surface area contributed by atoms with E-state index < -0.39 is 28.9 Å². The summed E-state index contributed by atoms with van der Waals surface area (Å²) in [5.74, 6) is -4.70. The predicted molar refractivity (Wildman–Crippen MR) is 65.2 cm³/mol. The molecule has 2 nitrogen and oxygen atoms in total. The SMILES string of the molecule is CC1CCCCC1NC(=O)c1ccc(F)c(F)c1F. The van der Waals surface area contributed by atoms with Crippen LogP contribution in [0.3, 0.4) is 0 Å². The van der Waals surface area contributed by atoms with Crippen molar-refractivity contribution in [2.45, 2.75) is 38.6 Å². The highest BCUT2D eigenvalue weighted by Crippen LogP contribution is 2.24. The van der Waals surface area contributed by atoms with E-state index in [-0.39, 0.29) is 6.04 Å². The Balaban J connectivity index is 2.14. The number of nitrogens with one attached hydrogen (secondary N) is 1. The normalized spacial score (nSPS) is 23.2. The van der Waals surface area contributed by atoms with Gasteiger partial charge in [0, 0.05) is 6.04 Å². The number of benzene rings is 1. The summed E-state index contributed by atoms with van der Waals surface area (Å²) in [4.78, 5) is 11.9. The number of hydrogen-bond acceptors (Lipinski definition) is 1. The third-order valence-electron chi connectivity index (χ3n) is 3.71. The summed E-state index contributed by atoms with van der Waals surface area (Å²) in [6.45, 7) is 2.02. The molecule has 19 heavy (non-hydrogen) atoms. The van der Waals surface area contributed by atoms with Crippen molar-refractivity contribution in [1.29, 1.82) is 0 Å². The van der Waals surface area contributed by atoms with Gasteiger partial charge in [0.2, 0.25) is 0 Å². The molecule has 0 saturated heterocycles. The summed E-state index contributed by atoms with van der Waals surface area (Å²) in [5, 5.41) is 2.70. The van der Waals surface area contributed by atoms with Gasteiger partial charge in [0.05, 0.1) is 5.56 Å². The summed E-state index contributed by atoms with van der Waals surface area (Å²) in [7, 11) is 0. The number of halogens is 3. The molecule has 2 atom stereocenters. The maximum absolute atomic E-state index is 13.5. The van der Waals surface area contributed by atoms with E-state index in [1.165, 1.54) is 0 Å². The molecule has 0 radical (unpaired) electrons. The molecule has 1 aliphatic rings. The van der Waals surface area contributed by atoms with Crippen LogP contribution >= 0.6 is 0 Å². The summed E-state index contributed by atoms with van der Waals surface area (Å²) < 4.78 is 39.4. The lowest BCUT2D eigenvalue weighted by Crippen LogP contribution is -2.41. The quantitative estimate of drug-likeness (QED) is 0.820. The molecule has 2 unspecified atom stereocenters. The molecule has 1 aromatic carbocycles. The van der Waals surface area contributed by atoms with Gasteiger partial charge in [0.25, 0.3) is 5.91 Å². The molecule has 5 heteroatoms. The molecule has 2 rings (SSSR count). The van der Waals surface area contributed by atoms with E-state index in [0.717, 1.165) is 37.8 Å². The molecule has 0 aromatic heterocycles. The molecule has 1 fully saturated rings. The monoisotopic (exact) mass is 271 g/mol. The van der Waals surface area contributed by atoms with E-state index in [9.17, 15) is 18.0 Å². The first-order chi connectivity index (χ1) is 9.00. The van der Waals surface area contributed by atoms with Crippen molar-refractivity contribution in [1.82, 2.24) is 5.32 Å². The fourth-order valence-electron chi connectivity index (χ4n) is 2.48. The Hall–Kier alpha value is -1.52. The number of amides is 1. The van der Waals surface area contributed by atoms with Gasteiger partial charge in [-0.25, -0.2) is 13.2 Å². The van der Waals surface area contributed by atoms with Gasteiger partial charge in [-0.2, -0.15) is 0 Å². The van der Waals surface area contributed by atoms with Gasteiger partial charge in [-0.05, 0) is 30.9 Å². The second-order valence-electron chi connectivity index (χ2n) is 5.06. The zero-order valence-corrected chi connectivity index (χ0v) is 10.7. The van der Waals surface area contributed by atoms with Gasteiger partial charge in [-0.3, -0.25) is 4.79 Å². The van der Waals surface area contributed by atoms with E-state index in [4.69, 9.17) is 0 Å². The second kappa shape index (κ2) is 5.63. The molecule has 0 bridgehead atoms. The van der Waals surface area contributed by atoms with Crippen molar-refractivity contribution in [2.24, 2.45) is 5.92 Å². The molecule has 0 spiro atoms. The topological polar surface area (TPSA) is 29.1 Å². The van der Waals surface area contributed by atoms with Crippen LogP contribution in [-0.2, 0) is 0 Å². The first-order valence-electron chi connectivity index (χ1n) is 6.45. The Morgan fingerprint density at radius 3 is 2.53 bits per heavy atom. The second-order valence-corrected chi connectivity index (χ2v) is 5.06. The van der Waals surface area contributed by atoms with E-state index in [2.05, 4.69) is 5.32 Å². The minimum Gasteiger partial charge on any atom is -0.349 e. The van der Waals surface area contributed by atoms with Crippen LogP contribution in [-0.4, -0.2) is 11.9 Å². The van der Waals surface area contributed by atoms with E-state index in [1.54, 1.807) is 0 Å². The maximum atomic E-state index is 13.5. The molecule has 1 N–H and O–H groups in total.